The van der Waals surface area contributed by atoms with Gasteiger partial charge in [0.25, 0.3) is 0 Å². The van der Waals surface area contributed by atoms with Crippen LogP contribution in [0.15, 0.2) is 104 Å². The van der Waals surface area contributed by atoms with Gasteiger partial charge in [0.05, 0.1) is 22.8 Å². The van der Waals surface area contributed by atoms with E-state index in [1.165, 1.54) is 47.1 Å². The van der Waals surface area contributed by atoms with Gasteiger partial charge < -0.3 is 74.3 Å². The summed E-state index contributed by atoms with van der Waals surface area (Å²) in [6, 6.07) is 24.7. The predicted octanol–water partition coefficient (Wildman–Crippen LogP) is 27.6. The summed E-state index contributed by atoms with van der Waals surface area (Å²) < 4.78 is 0. The quantitative estimate of drug-likeness (QED) is 0.153. The third kappa shape index (κ3) is 55.7. The number of aryl methyl sites for hydroxylation is 2. The minimum Gasteiger partial charge on any atom is -0.358 e. The molecule has 0 spiro atoms. The molecule has 0 aliphatic heterocycles. The van der Waals surface area contributed by atoms with Gasteiger partial charge >= 0.3 is 0 Å². The number of nitrogens with zero attached hydrogens (tertiary/aromatic N) is 6. The molecule has 7 rings (SSSR count). The first-order valence-corrected chi connectivity index (χ1v) is 32.7. The number of hydrogen-bond acceptors (Lipinski definition) is 6. The molecule has 596 valence electrons. The Balaban J connectivity index is -0.0000000333. The molecule has 0 radical (unpaired) electrons. The van der Waals surface area contributed by atoms with Gasteiger partial charge in [-0.05, 0) is 109 Å². The zero-order valence-electron chi connectivity index (χ0n) is 83.8. The summed E-state index contributed by atoms with van der Waals surface area (Å²) in [6.07, 6.45) is 15.5. The van der Waals surface area contributed by atoms with Crippen molar-refractivity contribution in [2.45, 2.75) is 329 Å². The average Bonchev–Trinajstić information content (AvgIpc) is 1.82. The van der Waals surface area contributed by atoms with E-state index in [-0.39, 0.29) is 123 Å². The predicted molar refractivity (Wildman–Crippen MR) is 448 cm³/mol. The van der Waals surface area contributed by atoms with E-state index in [1.54, 1.807) is 11.1 Å². The molecule has 0 bridgehead atoms. The maximum atomic E-state index is 4.52. The summed E-state index contributed by atoms with van der Waals surface area (Å²) in [7, 11) is 0. The van der Waals surface area contributed by atoms with Crippen molar-refractivity contribution >= 4 is 0 Å². The van der Waals surface area contributed by atoms with E-state index in [4.69, 9.17) is 0 Å². The normalized spacial score (nSPS) is 10.3. The summed E-state index contributed by atoms with van der Waals surface area (Å²) in [5.41, 5.74) is 18.9. The zero-order valence-corrected chi connectivity index (χ0v) is 180. The molecule has 4 aromatic heterocycles. The smallest absolute Gasteiger partial charge is 0.0640 e. The van der Waals surface area contributed by atoms with Crippen molar-refractivity contribution in [3.8, 4) is 0 Å². The summed E-state index contributed by atoms with van der Waals surface area (Å²) in [4.78, 5) is 26.7. The molecule has 112 heavy (non-hydrogen) atoms. The van der Waals surface area contributed by atoms with Gasteiger partial charge in [-0.1, -0.05) is 304 Å². The van der Waals surface area contributed by atoms with Gasteiger partial charge in [-0.3, -0.25) is 29.9 Å². The molecule has 0 saturated carbocycles. The van der Waals surface area contributed by atoms with Crippen LogP contribution in [0.25, 0.3) is 0 Å². The number of hydrogen-bond donors (Lipinski definition) is 0. The van der Waals surface area contributed by atoms with Crippen molar-refractivity contribution in [1.29, 1.82) is 0 Å². The van der Waals surface area contributed by atoms with Gasteiger partial charge in [-0.2, -0.15) is 0 Å². The molecule has 21 heteroatoms. The van der Waals surface area contributed by atoms with E-state index in [1.807, 2.05) is 37.2 Å². The van der Waals surface area contributed by atoms with Gasteiger partial charge in [0.1, 0.15) is 0 Å². The van der Waals surface area contributed by atoms with Crippen LogP contribution in [0.4, 0.5) is 0 Å². The van der Waals surface area contributed by atoms with Crippen molar-refractivity contribution in [2.75, 3.05) is 0 Å². The molecule has 1 aliphatic carbocycles. The number of rotatable bonds is 1. The van der Waals surface area contributed by atoms with E-state index in [0.29, 0.717) is 16.7 Å². The summed E-state index contributed by atoms with van der Waals surface area (Å²) in [5, 5.41) is 0. The Labute approximate surface area is 611 Å². The molecule has 1 aliphatic rings. The molecule has 0 amide bonds. The summed E-state index contributed by atoms with van der Waals surface area (Å²) in [6.45, 7) is 79.0. The van der Waals surface area contributed by atoms with E-state index in [0.717, 1.165) is 34.2 Å². The molecule has 0 atom stereocenters. The molecule has 6 aromatic rings. The second-order valence-corrected chi connectivity index (χ2v) is 36.5. The van der Waals surface area contributed by atoms with Crippen molar-refractivity contribution in [1.82, 2.24) is 29.9 Å². The third-order valence-electron chi connectivity index (χ3n) is 14.6. The topological polar surface area (TPSA) is 77.3 Å². The van der Waals surface area contributed by atoms with Gasteiger partial charge in [0.15, 0.2) is 0 Å². The monoisotopic (exact) mass is 5350 g/mol. The van der Waals surface area contributed by atoms with Crippen LogP contribution in [0.1, 0.15) is 335 Å². The van der Waals surface area contributed by atoms with Gasteiger partial charge in [-0.15, -0.1) is 0 Å². The molecule has 0 fully saturated rings. The van der Waals surface area contributed by atoms with E-state index < -0.39 is 0 Å². The fourth-order valence-corrected chi connectivity index (χ4v) is 8.20. The van der Waals surface area contributed by atoms with Crippen molar-refractivity contribution in [3.05, 3.63) is 251 Å². The van der Waals surface area contributed by atoms with Crippen LogP contribution in [0, 0.1) is 79.7 Å². The maximum Gasteiger partial charge on any atom is 0.0640 e. The van der Waals surface area contributed by atoms with Crippen LogP contribution >= 0.6 is 0 Å². The van der Waals surface area contributed by atoms with Crippen LogP contribution in [0.3, 0.4) is 0 Å². The fourth-order valence-electron chi connectivity index (χ4n) is 8.20. The molecule has 6 nitrogen and oxygen atoms in total. The van der Waals surface area contributed by atoms with E-state index >= 15 is 0 Å². The minimum atomic E-state index is 0. The maximum absolute atomic E-state index is 4.52. The third-order valence-corrected chi connectivity index (χ3v) is 14.6. The molecular weight excluding hydrogens is 5180 g/mol. The van der Waals surface area contributed by atoms with Crippen molar-refractivity contribution in [3.63, 3.8) is 0 Å². The second-order valence-electron chi connectivity index (χ2n) is 36.5. The first-order valence-electron chi connectivity index (χ1n) is 32.7. The van der Waals surface area contributed by atoms with Gasteiger partial charge in [0, 0.05) is 75.6 Å². The Morgan fingerprint density at radius 3 is 0.589 bits per heavy atom. The Bertz CT molecular complexity index is 2550. The molecule has 4 heterocycles. The van der Waals surface area contributed by atoms with Crippen molar-refractivity contribution in [2.24, 2.45) is 5.41 Å². The Kier molecular flexibility index (Phi) is 85.8. The van der Waals surface area contributed by atoms with Gasteiger partial charge in [0.2, 0.25) is 0 Å². The number of pyridine rings is 2. The van der Waals surface area contributed by atoms with E-state index in [2.05, 4.69) is 346 Å². The SMILES string of the molecule is CC(C)(C)C.CC(C)(C)c1ccc(C(C)(C)C)cc1.CC(C)(C)c1ccc(C(C)(C)C)nc1.CC(C)(C)c1ccc(C(C)(C)C)nc1.CC(C)(C)c1ccc2c(c1)CCC2.CC(C)(C)c1cnc(C(C)(C)C)cn1.CC(C)c1cnc(C(C)(C)C)cn1.[CH3-].[CH3-].[CH3-].[CH3-].[CH3-].[CH3-].[CH3-].[CH3-].[CH3-].[CH3-].[Rf].[Rf].[Rf].[Rf].[Rf].[Rf].[Rf].[Rf].[Rf].[Rf].[Rf].[Rf].[Rf].[Rf].[Rf]. The standard InChI is InChI=1S/C14H22.2C13H21N.C13H18.C12H20N2.C11H18N2.C5H12.10CH3.15Rf/c1-13(2,3)11-7-9-12(10-8-11)14(4,5)6;2*1-12(2,3)10-7-8-11(14-9-10)13(4,5)6;1-13(2,3)12-8-7-10-5-4-6-11(10)9-12;1-11(2,3)9-7-14-10(8-13-9)12(4,5)6;1-8(2)9-6-13-10(7-12-9)11(3,4)5;1-5(2,3)4;;;;;;;;;;;;;;;;;;;;;;;;;/h7-10H,1-6H3;2*7-9H,1-6H3;7-9H,4-6H2,1-3H3;7-8H,1-6H3;6-8H,1-5H3;1-4H3;10*1H3;;;;;;;;;;;;;;;/q;;;;;;;10*-1;;;;;;;;;;;;;;;. The Morgan fingerprint density at radius 2 is 0.411 bits per heavy atom. The summed E-state index contributed by atoms with van der Waals surface area (Å²) in [5.74, 6) is 0.460. The van der Waals surface area contributed by atoms with Crippen LogP contribution < -0.4 is 0 Å². The second kappa shape index (κ2) is 56.6. The summed E-state index contributed by atoms with van der Waals surface area (Å²) >= 11 is 0. The molecule has 0 saturated heterocycles. The Morgan fingerprint density at radius 1 is 0.214 bits per heavy atom. The van der Waals surface area contributed by atoms with Crippen LogP contribution in [-0.4, -0.2) is 29.9 Å². The minimum absolute atomic E-state index is 0. The molecule has 2 aromatic carbocycles. The number of aromatic nitrogens is 6. The molecule has 0 unspecified atom stereocenters. The van der Waals surface area contributed by atoms with Crippen LogP contribution in [0.2, 0.25) is 0 Å². The number of fused-ring (bicyclic) bond motifs is 1. The van der Waals surface area contributed by atoms with Crippen LogP contribution in [-0.2, 0) is 67.0 Å². The fraction of sp³-hybridized carbons (Fsp3) is 0.560. The average molecular weight is 5350 g/mol. The van der Waals surface area contributed by atoms with Gasteiger partial charge in [-0.25, -0.2) is 0 Å². The van der Waals surface area contributed by atoms with Crippen LogP contribution in [0.5, 0.6) is 0 Å². The van der Waals surface area contributed by atoms with E-state index in [9.17, 15) is 0 Å². The first kappa shape index (κ1) is 170. The number of benzene rings is 2. The van der Waals surface area contributed by atoms with Crippen molar-refractivity contribution < 1.29 is 0 Å². The first-order chi connectivity index (χ1) is 38.8. The Hall–Kier alpha value is -20.1. The molecular formula is C91H162N6Rf15-10. The zero-order chi connectivity index (χ0) is 68.0. The molecule has 0 N–H and O–H groups in total. The largest absolute Gasteiger partial charge is 0.358 e.